The van der Waals surface area contributed by atoms with Gasteiger partial charge in [-0.15, -0.1) is 0 Å². The maximum absolute atomic E-state index is 12.5. The highest BCUT2D eigenvalue weighted by molar-refractivity contribution is 5.89. The van der Waals surface area contributed by atoms with Crippen molar-refractivity contribution in [2.45, 2.75) is 20.0 Å². The van der Waals surface area contributed by atoms with Gasteiger partial charge in [-0.25, -0.2) is 4.79 Å². The molecule has 140 valence electrons. The second-order valence-electron chi connectivity index (χ2n) is 6.34. The van der Waals surface area contributed by atoms with Crippen LogP contribution in [0.25, 0.3) is 0 Å². The Labute approximate surface area is 155 Å². The number of pyridine rings is 1. The number of aromatic nitrogens is 1. The first-order valence-electron chi connectivity index (χ1n) is 8.91. The van der Waals surface area contributed by atoms with Crippen molar-refractivity contribution in [3.63, 3.8) is 0 Å². The quantitative estimate of drug-likeness (QED) is 0.747. The fraction of sp³-hybridized carbons (Fsp3) is 0.400. The summed E-state index contributed by atoms with van der Waals surface area (Å²) in [4.78, 5) is 20.5. The van der Waals surface area contributed by atoms with Crippen molar-refractivity contribution in [1.29, 1.82) is 0 Å². The third-order valence-corrected chi connectivity index (χ3v) is 3.92. The van der Waals surface area contributed by atoms with Crippen LogP contribution in [0.15, 0.2) is 48.8 Å². The van der Waals surface area contributed by atoms with E-state index in [0.29, 0.717) is 18.9 Å². The van der Waals surface area contributed by atoms with Gasteiger partial charge >= 0.3 is 6.03 Å². The first kappa shape index (κ1) is 19.7. The predicted octanol–water partition coefficient (Wildman–Crippen LogP) is 3.47. The monoisotopic (exact) mass is 356 g/mol. The van der Waals surface area contributed by atoms with Gasteiger partial charge in [0, 0.05) is 42.8 Å². The lowest BCUT2D eigenvalue weighted by Crippen LogP contribution is -2.36. The normalized spacial score (nSPS) is 10.6. The van der Waals surface area contributed by atoms with Crippen LogP contribution in [0.5, 0.6) is 5.75 Å². The zero-order valence-corrected chi connectivity index (χ0v) is 15.8. The van der Waals surface area contributed by atoms with Gasteiger partial charge in [-0.3, -0.25) is 4.98 Å². The molecule has 0 bridgehead atoms. The van der Waals surface area contributed by atoms with E-state index < -0.39 is 0 Å². The largest absolute Gasteiger partial charge is 0.489 e. The Morgan fingerprint density at radius 2 is 2.04 bits per heavy atom. The van der Waals surface area contributed by atoms with Crippen LogP contribution < -0.4 is 10.1 Å². The van der Waals surface area contributed by atoms with E-state index >= 15 is 0 Å². The summed E-state index contributed by atoms with van der Waals surface area (Å²) in [6, 6.07) is 11.2. The Hall–Kier alpha value is -2.60. The molecular weight excluding hydrogens is 328 g/mol. The van der Waals surface area contributed by atoms with Gasteiger partial charge in [-0.1, -0.05) is 12.1 Å². The highest BCUT2D eigenvalue weighted by Crippen LogP contribution is 2.19. The van der Waals surface area contributed by atoms with Crippen LogP contribution in [0.4, 0.5) is 10.5 Å². The van der Waals surface area contributed by atoms with Crippen LogP contribution in [0.3, 0.4) is 0 Å². The summed E-state index contributed by atoms with van der Waals surface area (Å²) in [5.41, 5.74) is 1.73. The number of benzene rings is 1. The number of hydrogen-bond donors (Lipinski definition) is 1. The Bertz CT molecular complexity index is 677. The van der Waals surface area contributed by atoms with Gasteiger partial charge in [0.2, 0.25) is 0 Å². The molecule has 6 nitrogen and oxygen atoms in total. The molecule has 6 heteroatoms. The fourth-order valence-corrected chi connectivity index (χ4v) is 2.50. The molecule has 2 amide bonds. The maximum atomic E-state index is 12.5. The van der Waals surface area contributed by atoms with Crippen LogP contribution in [0.1, 0.15) is 18.9 Å². The summed E-state index contributed by atoms with van der Waals surface area (Å²) >= 11 is 0. The number of anilines is 1. The van der Waals surface area contributed by atoms with Crippen LogP contribution in [-0.4, -0.2) is 54.5 Å². The molecule has 0 aliphatic heterocycles. The predicted molar refractivity (Wildman–Crippen MR) is 104 cm³/mol. The Kier molecular flexibility index (Phi) is 7.89. The van der Waals surface area contributed by atoms with E-state index in [-0.39, 0.29) is 6.03 Å². The Balaban J connectivity index is 1.88. The minimum atomic E-state index is -0.0873. The molecule has 1 aromatic carbocycles. The molecule has 0 fully saturated rings. The molecule has 0 unspecified atom stereocenters. The SMILES string of the molecule is CCN(CCCN(C)C)C(=O)Nc1cccc(OCc2cccnc2)c1. The van der Waals surface area contributed by atoms with Gasteiger partial charge in [0.05, 0.1) is 0 Å². The topological polar surface area (TPSA) is 57.7 Å². The molecule has 1 aromatic heterocycles. The van der Waals surface area contributed by atoms with E-state index in [0.717, 1.165) is 30.8 Å². The molecule has 0 atom stereocenters. The average Bonchev–Trinajstić information content (AvgIpc) is 2.64. The molecule has 2 aromatic rings. The molecule has 1 N–H and O–H groups in total. The molecule has 2 rings (SSSR count). The molecule has 1 heterocycles. The fourth-order valence-electron chi connectivity index (χ4n) is 2.50. The molecule has 0 saturated carbocycles. The second kappa shape index (κ2) is 10.4. The summed E-state index contributed by atoms with van der Waals surface area (Å²) in [6.07, 6.45) is 4.46. The van der Waals surface area contributed by atoms with Crippen molar-refractivity contribution >= 4 is 11.7 Å². The first-order valence-corrected chi connectivity index (χ1v) is 8.91. The molecular formula is C20H28N4O2. The lowest BCUT2D eigenvalue weighted by Gasteiger charge is -2.22. The lowest BCUT2D eigenvalue weighted by atomic mass is 10.3. The zero-order valence-electron chi connectivity index (χ0n) is 15.8. The maximum Gasteiger partial charge on any atom is 0.321 e. The smallest absolute Gasteiger partial charge is 0.321 e. The summed E-state index contributed by atoms with van der Waals surface area (Å²) < 4.78 is 5.78. The summed E-state index contributed by atoms with van der Waals surface area (Å²) in [7, 11) is 4.07. The minimum absolute atomic E-state index is 0.0873. The third-order valence-electron chi connectivity index (χ3n) is 3.92. The molecule has 0 spiro atoms. The number of rotatable bonds is 9. The average molecular weight is 356 g/mol. The number of nitrogens with one attached hydrogen (secondary N) is 1. The van der Waals surface area contributed by atoms with Crippen molar-refractivity contribution < 1.29 is 9.53 Å². The number of hydrogen-bond acceptors (Lipinski definition) is 4. The summed E-state index contributed by atoms with van der Waals surface area (Å²) in [6.45, 7) is 4.80. The van der Waals surface area contributed by atoms with Gasteiger partial charge in [0.15, 0.2) is 0 Å². The minimum Gasteiger partial charge on any atom is -0.489 e. The van der Waals surface area contributed by atoms with Crippen LogP contribution in [-0.2, 0) is 6.61 Å². The number of carbonyl (C=O) groups excluding carboxylic acids is 1. The van der Waals surface area contributed by atoms with Crippen LogP contribution in [0, 0.1) is 0 Å². The van der Waals surface area contributed by atoms with Crippen molar-refractivity contribution in [2.24, 2.45) is 0 Å². The van der Waals surface area contributed by atoms with Crippen molar-refractivity contribution in [2.75, 3.05) is 39.0 Å². The molecule has 0 aliphatic rings. The van der Waals surface area contributed by atoms with Crippen LogP contribution in [0.2, 0.25) is 0 Å². The number of carbonyl (C=O) groups is 1. The Morgan fingerprint density at radius 1 is 1.19 bits per heavy atom. The van der Waals surface area contributed by atoms with E-state index in [1.165, 1.54) is 0 Å². The van der Waals surface area contributed by atoms with Crippen molar-refractivity contribution in [3.05, 3.63) is 54.4 Å². The van der Waals surface area contributed by atoms with E-state index in [1.807, 2.05) is 62.3 Å². The summed E-state index contributed by atoms with van der Waals surface area (Å²) in [5.74, 6) is 0.710. The number of nitrogens with zero attached hydrogens (tertiary/aromatic N) is 3. The standard InChI is InChI=1S/C20H28N4O2/c1-4-24(13-7-12-23(2)3)20(25)22-18-9-5-10-19(14-18)26-16-17-8-6-11-21-15-17/h5-6,8-11,14-15H,4,7,12-13,16H2,1-3H3,(H,22,25). The Morgan fingerprint density at radius 3 is 2.73 bits per heavy atom. The number of urea groups is 1. The zero-order chi connectivity index (χ0) is 18.8. The molecule has 26 heavy (non-hydrogen) atoms. The van der Waals surface area contributed by atoms with E-state index in [4.69, 9.17) is 4.74 Å². The van der Waals surface area contributed by atoms with E-state index in [1.54, 1.807) is 12.4 Å². The van der Waals surface area contributed by atoms with Gasteiger partial charge in [0.1, 0.15) is 12.4 Å². The van der Waals surface area contributed by atoms with Gasteiger partial charge in [-0.05, 0) is 52.2 Å². The first-order chi connectivity index (χ1) is 12.6. The highest BCUT2D eigenvalue weighted by atomic mass is 16.5. The van der Waals surface area contributed by atoms with Crippen LogP contribution >= 0.6 is 0 Å². The number of amides is 2. The summed E-state index contributed by atoms with van der Waals surface area (Å²) in [5, 5.41) is 2.95. The third kappa shape index (κ3) is 6.72. The van der Waals surface area contributed by atoms with Crippen molar-refractivity contribution in [3.8, 4) is 5.75 Å². The van der Waals surface area contributed by atoms with Crippen molar-refractivity contribution in [1.82, 2.24) is 14.8 Å². The molecule has 0 saturated heterocycles. The van der Waals surface area contributed by atoms with Gasteiger partial charge in [0.25, 0.3) is 0 Å². The van der Waals surface area contributed by atoms with Gasteiger partial charge in [-0.2, -0.15) is 0 Å². The second-order valence-corrected chi connectivity index (χ2v) is 6.34. The van der Waals surface area contributed by atoms with E-state index in [9.17, 15) is 4.79 Å². The number of ether oxygens (including phenoxy) is 1. The highest BCUT2D eigenvalue weighted by Gasteiger charge is 2.11. The van der Waals surface area contributed by atoms with E-state index in [2.05, 4.69) is 15.2 Å². The van der Waals surface area contributed by atoms with Gasteiger partial charge < -0.3 is 19.9 Å². The lowest BCUT2D eigenvalue weighted by molar-refractivity contribution is 0.211. The molecule has 0 radical (unpaired) electrons. The molecule has 0 aliphatic carbocycles.